The lowest BCUT2D eigenvalue weighted by Gasteiger charge is -2.27. The number of ether oxygens (including phenoxy) is 1. The lowest BCUT2D eigenvalue weighted by atomic mass is 9.95. The summed E-state index contributed by atoms with van der Waals surface area (Å²) in [6.45, 7) is 12.4. The predicted molar refractivity (Wildman–Crippen MR) is 152 cm³/mol. The Balaban J connectivity index is 1.75. The minimum Gasteiger partial charge on any atom is -0.375 e. The SMILES string of the molecule is CCCNc1cc(COCC(C)(N)Cc2ccccc2)cc(N(CCC(C)C)Cc2ccccc2)n1. The van der Waals surface area contributed by atoms with Gasteiger partial charge in [0.25, 0.3) is 0 Å². The fraction of sp³-hybridized carbons (Fsp3) is 0.452. The van der Waals surface area contributed by atoms with E-state index in [0.717, 1.165) is 56.1 Å². The first-order valence-electron chi connectivity index (χ1n) is 13.3. The highest BCUT2D eigenvalue weighted by Crippen LogP contribution is 2.23. The first-order chi connectivity index (χ1) is 17.3. The van der Waals surface area contributed by atoms with Gasteiger partial charge in [-0.1, -0.05) is 81.4 Å². The van der Waals surface area contributed by atoms with E-state index in [1.54, 1.807) is 0 Å². The Bertz CT molecular complexity index is 1020. The van der Waals surface area contributed by atoms with E-state index in [1.165, 1.54) is 11.1 Å². The van der Waals surface area contributed by atoms with Crippen molar-refractivity contribution in [2.45, 2.75) is 65.6 Å². The zero-order valence-corrected chi connectivity index (χ0v) is 22.5. The predicted octanol–water partition coefficient (Wildman–Crippen LogP) is 6.43. The summed E-state index contributed by atoms with van der Waals surface area (Å²) in [4.78, 5) is 7.38. The number of aromatic nitrogens is 1. The van der Waals surface area contributed by atoms with Gasteiger partial charge in [-0.2, -0.15) is 0 Å². The van der Waals surface area contributed by atoms with E-state index in [-0.39, 0.29) is 0 Å². The van der Waals surface area contributed by atoms with Crippen LogP contribution in [0.1, 0.15) is 57.2 Å². The highest BCUT2D eigenvalue weighted by atomic mass is 16.5. The summed E-state index contributed by atoms with van der Waals surface area (Å²) in [7, 11) is 0. The Morgan fingerprint density at radius 1 is 0.972 bits per heavy atom. The average Bonchev–Trinajstić information content (AvgIpc) is 2.86. The Kier molecular flexibility index (Phi) is 10.8. The van der Waals surface area contributed by atoms with E-state index < -0.39 is 5.54 Å². The van der Waals surface area contributed by atoms with Crippen LogP contribution in [0.25, 0.3) is 0 Å². The zero-order valence-electron chi connectivity index (χ0n) is 22.5. The van der Waals surface area contributed by atoms with Gasteiger partial charge in [0.15, 0.2) is 0 Å². The van der Waals surface area contributed by atoms with Crippen molar-refractivity contribution in [1.29, 1.82) is 0 Å². The van der Waals surface area contributed by atoms with Crippen LogP contribution in [0.3, 0.4) is 0 Å². The summed E-state index contributed by atoms with van der Waals surface area (Å²) >= 11 is 0. The normalized spacial score (nSPS) is 12.9. The van der Waals surface area contributed by atoms with Crippen LogP contribution in [0.15, 0.2) is 72.8 Å². The maximum absolute atomic E-state index is 6.58. The maximum Gasteiger partial charge on any atom is 0.131 e. The van der Waals surface area contributed by atoms with E-state index in [0.29, 0.717) is 19.1 Å². The van der Waals surface area contributed by atoms with E-state index in [2.05, 4.69) is 105 Å². The first kappa shape index (κ1) is 27.7. The maximum atomic E-state index is 6.58. The molecule has 36 heavy (non-hydrogen) atoms. The molecule has 194 valence electrons. The molecular weight excluding hydrogens is 444 g/mol. The van der Waals surface area contributed by atoms with Gasteiger partial charge in [0, 0.05) is 25.2 Å². The van der Waals surface area contributed by atoms with Gasteiger partial charge in [-0.15, -0.1) is 0 Å². The fourth-order valence-corrected chi connectivity index (χ4v) is 4.17. The molecular formula is C31H44N4O. The molecule has 0 aliphatic carbocycles. The lowest BCUT2D eigenvalue weighted by Crippen LogP contribution is -2.43. The number of anilines is 2. The molecule has 5 heteroatoms. The average molecular weight is 489 g/mol. The van der Waals surface area contributed by atoms with E-state index in [1.807, 2.05) is 6.07 Å². The third kappa shape index (κ3) is 9.63. The number of hydrogen-bond donors (Lipinski definition) is 2. The van der Waals surface area contributed by atoms with Crippen LogP contribution >= 0.6 is 0 Å². The van der Waals surface area contributed by atoms with Gasteiger partial charge in [-0.3, -0.25) is 0 Å². The number of rotatable bonds is 15. The Morgan fingerprint density at radius 2 is 1.64 bits per heavy atom. The van der Waals surface area contributed by atoms with Gasteiger partial charge in [-0.05, 0) is 60.9 Å². The third-order valence-corrected chi connectivity index (χ3v) is 6.10. The van der Waals surface area contributed by atoms with Crippen molar-refractivity contribution in [1.82, 2.24) is 4.98 Å². The second kappa shape index (κ2) is 14.0. The summed E-state index contributed by atoms with van der Waals surface area (Å²) in [5, 5.41) is 3.48. The molecule has 0 fully saturated rings. The van der Waals surface area contributed by atoms with Crippen molar-refractivity contribution in [2.75, 3.05) is 29.9 Å². The van der Waals surface area contributed by atoms with Crippen molar-refractivity contribution >= 4 is 11.6 Å². The number of nitrogens with zero attached hydrogens (tertiary/aromatic N) is 2. The van der Waals surface area contributed by atoms with Gasteiger partial charge < -0.3 is 20.7 Å². The van der Waals surface area contributed by atoms with Crippen molar-refractivity contribution in [2.24, 2.45) is 11.7 Å². The molecule has 1 atom stereocenters. The standard InChI is InChI=1S/C31H44N4O/c1-5-17-33-29-19-28(23-36-24-31(4,32)21-26-12-8-6-9-13-26)20-30(34-29)35(18-16-25(2)3)22-27-14-10-7-11-15-27/h6-15,19-20,25H,5,16-18,21-24,32H2,1-4H3,(H,33,34). The summed E-state index contributed by atoms with van der Waals surface area (Å²) in [5.41, 5.74) is 9.77. The van der Waals surface area contributed by atoms with Gasteiger partial charge in [0.05, 0.1) is 13.2 Å². The minimum atomic E-state index is -0.433. The number of pyridine rings is 1. The molecule has 5 nitrogen and oxygen atoms in total. The molecule has 1 unspecified atom stereocenters. The van der Waals surface area contributed by atoms with Crippen LogP contribution in [-0.4, -0.2) is 30.2 Å². The zero-order chi connectivity index (χ0) is 25.8. The van der Waals surface area contributed by atoms with Crippen LogP contribution in [-0.2, 0) is 24.3 Å². The van der Waals surface area contributed by atoms with Crippen molar-refractivity contribution in [3.05, 3.63) is 89.5 Å². The van der Waals surface area contributed by atoms with Crippen LogP contribution in [0.5, 0.6) is 0 Å². The molecule has 3 rings (SSSR count). The molecule has 3 aromatic rings. The molecule has 0 aliphatic heterocycles. The Hall–Kier alpha value is -2.89. The smallest absolute Gasteiger partial charge is 0.131 e. The van der Waals surface area contributed by atoms with Gasteiger partial charge in [0.2, 0.25) is 0 Å². The monoisotopic (exact) mass is 488 g/mol. The Morgan fingerprint density at radius 3 is 2.28 bits per heavy atom. The molecule has 3 N–H and O–H groups in total. The van der Waals surface area contributed by atoms with Crippen LogP contribution < -0.4 is 16.0 Å². The van der Waals surface area contributed by atoms with Gasteiger partial charge in [0.1, 0.15) is 11.6 Å². The van der Waals surface area contributed by atoms with Crippen molar-refractivity contribution < 1.29 is 4.74 Å². The van der Waals surface area contributed by atoms with E-state index in [4.69, 9.17) is 15.5 Å². The topological polar surface area (TPSA) is 63.4 Å². The second-order valence-electron chi connectivity index (χ2n) is 10.5. The molecule has 0 saturated carbocycles. The van der Waals surface area contributed by atoms with Gasteiger partial charge >= 0.3 is 0 Å². The fourth-order valence-electron chi connectivity index (χ4n) is 4.17. The first-order valence-corrected chi connectivity index (χ1v) is 13.3. The molecule has 0 aliphatic rings. The largest absolute Gasteiger partial charge is 0.375 e. The number of benzene rings is 2. The molecule has 0 bridgehead atoms. The quantitative estimate of drug-likeness (QED) is 0.258. The highest BCUT2D eigenvalue weighted by Gasteiger charge is 2.20. The van der Waals surface area contributed by atoms with Crippen molar-refractivity contribution in [3.8, 4) is 0 Å². The highest BCUT2D eigenvalue weighted by molar-refractivity contribution is 5.51. The lowest BCUT2D eigenvalue weighted by molar-refractivity contribution is 0.0791. The van der Waals surface area contributed by atoms with E-state index in [9.17, 15) is 0 Å². The molecule has 1 heterocycles. The number of nitrogens with one attached hydrogen (secondary N) is 1. The molecule has 2 aromatic carbocycles. The number of hydrogen-bond acceptors (Lipinski definition) is 5. The molecule has 1 aromatic heterocycles. The minimum absolute atomic E-state index is 0.433. The van der Waals surface area contributed by atoms with Gasteiger partial charge in [-0.25, -0.2) is 4.98 Å². The summed E-state index contributed by atoms with van der Waals surface area (Å²) < 4.78 is 6.17. The molecule has 0 amide bonds. The van der Waals surface area contributed by atoms with Crippen LogP contribution in [0, 0.1) is 5.92 Å². The molecule has 0 radical (unpaired) electrons. The van der Waals surface area contributed by atoms with E-state index >= 15 is 0 Å². The second-order valence-corrected chi connectivity index (χ2v) is 10.5. The molecule has 0 spiro atoms. The summed E-state index contributed by atoms with van der Waals surface area (Å²) in [6, 6.07) is 25.3. The van der Waals surface area contributed by atoms with Crippen molar-refractivity contribution in [3.63, 3.8) is 0 Å². The third-order valence-electron chi connectivity index (χ3n) is 6.10. The molecule has 0 saturated heterocycles. The summed E-state index contributed by atoms with van der Waals surface area (Å²) in [6.07, 6.45) is 2.93. The Labute approximate surface area is 218 Å². The number of nitrogens with two attached hydrogens (primary N) is 1. The van der Waals surface area contributed by atoms with Crippen LogP contribution in [0.2, 0.25) is 0 Å². The van der Waals surface area contributed by atoms with Crippen LogP contribution in [0.4, 0.5) is 11.6 Å². The summed E-state index contributed by atoms with van der Waals surface area (Å²) in [5.74, 6) is 2.51.